The number of nitrogens with one attached hydrogen (secondary N) is 1. The maximum atomic E-state index is 12.5. The molecule has 0 radical (unpaired) electrons. The molecule has 3 aromatic carbocycles. The second-order valence-corrected chi connectivity index (χ2v) is 6.11. The second kappa shape index (κ2) is 9.29. The first-order valence-corrected chi connectivity index (χ1v) is 8.88. The molecule has 0 fully saturated rings. The molecule has 0 aliphatic heterocycles. The Morgan fingerprint density at radius 3 is 2.50 bits per heavy atom. The van der Waals surface area contributed by atoms with E-state index >= 15 is 0 Å². The lowest BCUT2D eigenvalue weighted by Gasteiger charge is -2.14. The maximum absolute atomic E-state index is 12.5. The first kappa shape index (κ1) is 19.1. The summed E-state index contributed by atoms with van der Waals surface area (Å²) in [5.41, 5.74) is 3.50. The Kier molecular flexibility index (Phi) is 6.33. The fraction of sp³-hybridized carbons (Fsp3) is 0.125. The van der Waals surface area contributed by atoms with Crippen molar-refractivity contribution >= 4 is 11.6 Å². The van der Waals surface area contributed by atoms with Gasteiger partial charge in [-0.15, -0.1) is 6.42 Å². The van der Waals surface area contributed by atoms with Crippen LogP contribution in [-0.2, 0) is 11.2 Å². The number of carbonyl (C=O) groups is 1. The summed E-state index contributed by atoms with van der Waals surface area (Å²) in [6.07, 6.45) is 5.57. The minimum Gasteiger partial charge on any atom is -0.493 e. The maximum Gasteiger partial charge on any atom is 0.228 e. The number of carbonyl (C=O) groups excluding carboxylic acids is 1. The van der Waals surface area contributed by atoms with E-state index in [1.807, 2.05) is 72.8 Å². The van der Waals surface area contributed by atoms with Crippen LogP contribution in [0.25, 0.3) is 11.1 Å². The van der Waals surface area contributed by atoms with Gasteiger partial charge in [0.05, 0.1) is 13.5 Å². The first-order chi connectivity index (χ1) is 13.7. The van der Waals surface area contributed by atoms with Crippen molar-refractivity contribution in [3.8, 4) is 35.0 Å². The molecule has 28 heavy (non-hydrogen) atoms. The second-order valence-electron chi connectivity index (χ2n) is 6.11. The summed E-state index contributed by atoms with van der Waals surface area (Å²) in [5.74, 6) is 3.53. The fourth-order valence-corrected chi connectivity index (χ4v) is 2.89. The van der Waals surface area contributed by atoms with Gasteiger partial charge in [0.15, 0.2) is 11.5 Å². The van der Waals surface area contributed by atoms with Crippen molar-refractivity contribution in [2.75, 3.05) is 19.0 Å². The van der Waals surface area contributed by atoms with Crippen LogP contribution in [0, 0.1) is 12.3 Å². The summed E-state index contributed by atoms with van der Waals surface area (Å²) in [7, 11) is 1.58. The average molecular weight is 371 g/mol. The summed E-state index contributed by atoms with van der Waals surface area (Å²) in [4.78, 5) is 12.5. The van der Waals surface area contributed by atoms with Crippen molar-refractivity contribution in [2.24, 2.45) is 0 Å². The highest BCUT2D eigenvalue weighted by Gasteiger charge is 2.12. The van der Waals surface area contributed by atoms with Gasteiger partial charge in [-0.05, 0) is 29.3 Å². The van der Waals surface area contributed by atoms with E-state index in [-0.39, 0.29) is 12.5 Å². The van der Waals surface area contributed by atoms with E-state index in [1.54, 1.807) is 7.11 Å². The fourth-order valence-electron chi connectivity index (χ4n) is 2.89. The molecule has 0 heterocycles. The van der Waals surface area contributed by atoms with Crippen molar-refractivity contribution < 1.29 is 14.3 Å². The van der Waals surface area contributed by atoms with E-state index < -0.39 is 0 Å². The zero-order chi connectivity index (χ0) is 19.8. The highest BCUT2D eigenvalue weighted by Crippen LogP contribution is 2.35. The van der Waals surface area contributed by atoms with Crippen LogP contribution in [0.1, 0.15) is 5.56 Å². The van der Waals surface area contributed by atoms with Crippen molar-refractivity contribution in [1.29, 1.82) is 0 Å². The minimum atomic E-state index is -0.0698. The van der Waals surface area contributed by atoms with Crippen molar-refractivity contribution in [2.45, 2.75) is 6.42 Å². The lowest BCUT2D eigenvalue weighted by atomic mass is 10.0. The van der Waals surface area contributed by atoms with E-state index in [0.717, 1.165) is 22.4 Å². The number of amides is 1. The Labute approximate surface area is 165 Å². The van der Waals surface area contributed by atoms with Crippen molar-refractivity contribution in [1.82, 2.24) is 0 Å². The number of methoxy groups -OCH3 is 1. The number of rotatable bonds is 7. The SMILES string of the molecule is C#CCOc1ccc(-c2ccccc2NC(=O)Cc2ccccc2)cc1OC. The number of ether oxygens (including phenoxy) is 2. The molecule has 140 valence electrons. The van der Waals surface area contributed by atoms with Gasteiger partial charge in [0, 0.05) is 11.3 Å². The van der Waals surface area contributed by atoms with Crippen LogP contribution >= 0.6 is 0 Å². The van der Waals surface area contributed by atoms with E-state index in [4.69, 9.17) is 15.9 Å². The molecule has 3 aromatic rings. The number of anilines is 1. The van der Waals surface area contributed by atoms with Crippen LogP contribution in [0.5, 0.6) is 11.5 Å². The molecule has 0 saturated heterocycles. The number of hydrogen-bond donors (Lipinski definition) is 1. The molecule has 0 saturated carbocycles. The Hall–Kier alpha value is -3.71. The van der Waals surface area contributed by atoms with Crippen molar-refractivity contribution in [3.05, 3.63) is 78.4 Å². The van der Waals surface area contributed by atoms with Gasteiger partial charge in [-0.2, -0.15) is 0 Å². The molecule has 1 N–H and O–H groups in total. The van der Waals surface area contributed by atoms with Crippen LogP contribution in [0.2, 0.25) is 0 Å². The highest BCUT2D eigenvalue weighted by atomic mass is 16.5. The lowest BCUT2D eigenvalue weighted by Crippen LogP contribution is -2.14. The van der Waals surface area contributed by atoms with E-state index in [0.29, 0.717) is 17.9 Å². The van der Waals surface area contributed by atoms with E-state index in [1.165, 1.54) is 0 Å². The Morgan fingerprint density at radius 1 is 1.00 bits per heavy atom. The van der Waals surface area contributed by atoms with Gasteiger partial charge < -0.3 is 14.8 Å². The third kappa shape index (κ3) is 4.72. The summed E-state index contributed by atoms with van der Waals surface area (Å²) in [6, 6.07) is 22.9. The largest absolute Gasteiger partial charge is 0.493 e. The quantitative estimate of drug-likeness (QED) is 0.620. The van der Waals surface area contributed by atoms with Gasteiger partial charge in [0.25, 0.3) is 0 Å². The van der Waals surface area contributed by atoms with Crippen LogP contribution in [-0.4, -0.2) is 19.6 Å². The Balaban J connectivity index is 1.84. The molecule has 0 bridgehead atoms. The molecule has 0 aliphatic carbocycles. The molecule has 4 heteroatoms. The van der Waals surface area contributed by atoms with E-state index in [2.05, 4.69) is 11.2 Å². The highest BCUT2D eigenvalue weighted by molar-refractivity contribution is 5.96. The van der Waals surface area contributed by atoms with Gasteiger partial charge in [-0.1, -0.05) is 60.5 Å². The molecular formula is C24H21NO3. The average Bonchev–Trinajstić information content (AvgIpc) is 2.73. The number of para-hydroxylation sites is 1. The van der Waals surface area contributed by atoms with Gasteiger partial charge in [0.2, 0.25) is 5.91 Å². The third-order valence-corrected chi connectivity index (χ3v) is 4.19. The lowest BCUT2D eigenvalue weighted by molar-refractivity contribution is -0.115. The van der Waals surface area contributed by atoms with Crippen LogP contribution < -0.4 is 14.8 Å². The summed E-state index contributed by atoms with van der Waals surface area (Å²) in [6.45, 7) is 0.168. The van der Waals surface area contributed by atoms with Gasteiger partial charge in [-0.3, -0.25) is 4.79 Å². The third-order valence-electron chi connectivity index (χ3n) is 4.19. The topological polar surface area (TPSA) is 47.6 Å². The molecule has 0 aromatic heterocycles. The van der Waals surface area contributed by atoms with Gasteiger partial charge in [0.1, 0.15) is 6.61 Å². The molecule has 0 aliphatic rings. The summed E-state index contributed by atoms with van der Waals surface area (Å²) < 4.78 is 10.9. The summed E-state index contributed by atoms with van der Waals surface area (Å²) in [5, 5.41) is 3.01. The number of terminal acetylenes is 1. The minimum absolute atomic E-state index is 0.0698. The van der Waals surface area contributed by atoms with Gasteiger partial charge in [-0.25, -0.2) is 0 Å². The number of hydrogen-bond acceptors (Lipinski definition) is 3. The van der Waals surface area contributed by atoms with E-state index in [9.17, 15) is 4.79 Å². The van der Waals surface area contributed by atoms with Crippen molar-refractivity contribution in [3.63, 3.8) is 0 Å². The molecule has 3 rings (SSSR count). The van der Waals surface area contributed by atoms with Gasteiger partial charge >= 0.3 is 0 Å². The van der Waals surface area contributed by atoms with Crippen LogP contribution in [0.4, 0.5) is 5.69 Å². The summed E-state index contributed by atoms with van der Waals surface area (Å²) >= 11 is 0. The monoisotopic (exact) mass is 371 g/mol. The van der Waals surface area contributed by atoms with Crippen LogP contribution in [0.3, 0.4) is 0 Å². The Morgan fingerprint density at radius 2 is 1.75 bits per heavy atom. The molecule has 0 atom stereocenters. The zero-order valence-electron chi connectivity index (χ0n) is 15.6. The zero-order valence-corrected chi connectivity index (χ0v) is 15.6. The molecule has 0 spiro atoms. The first-order valence-electron chi connectivity index (χ1n) is 8.88. The molecular weight excluding hydrogens is 350 g/mol. The predicted octanol–water partition coefficient (Wildman–Crippen LogP) is 4.56. The standard InChI is InChI=1S/C24H21NO3/c1-3-15-28-22-14-13-19(17-23(22)27-2)20-11-7-8-12-21(20)25-24(26)16-18-9-5-4-6-10-18/h1,4-14,17H,15-16H2,2H3,(H,25,26). The smallest absolute Gasteiger partial charge is 0.228 e. The normalized spacial score (nSPS) is 10.0. The molecule has 4 nitrogen and oxygen atoms in total. The van der Waals surface area contributed by atoms with Crippen LogP contribution in [0.15, 0.2) is 72.8 Å². The molecule has 0 unspecified atom stereocenters. The Bertz CT molecular complexity index is 990. The number of benzene rings is 3. The molecule has 1 amide bonds. The predicted molar refractivity (Wildman–Crippen MR) is 112 cm³/mol.